The molecule has 0 fully saturated rings. The van der Waals surface area contributed by atoms with Gasteiger partial charge in [0.05, 0.1) is 5.56 Å². The molecular weight excluding hydrogens is 322 g/mol. The fourth-order valence-electron chi connectivity index (χ4n) is 2.48. The van der Waals surface area contributed by atoms with Crippen LogP contribution in [0.25, 0.3) is 0 Å². The second-order valence-corrected chi connectivity index (χ2v) is 7.43. The van der Waals surface area contributed by atoms with Crippen molar-refractivity contribution in [3.05, 3.63) is 65.2 Å². The van der Waals surface area contributed by atoms with Crippen molar-refractivity contribution in [2.24, 2.45) is 5.73 Å². The number of aryl methyl sites for hydroxylation is 1. The number of sulfonamides is 1. The van der Waals surface area contributed by atoms with Gasteiger partial charge in [0.15, 0.2) is 0 Å². The summed E-state index contributed by atoms with van der Waals surface area (Å²) < 4.78 is 27.6. The minimum atomic E-state index is -3.78. The first-order chi connectivity index (χ1) is 11.5. The zero-order valence-electron chi connectivity index (χ0n) is 13.6. The van der Waals surface area contributed by atoms with Gasteiger partial charge in [0, 0.05) is 13.1 Å². The Morgan fingerprint density at radius 2 is 1.83 bits per heavy atom. The maximum Gasteiger partial charge on any atom is 0.244 e. The fourth-order valence-corrected chi connectivity index (χ4v) is 4.16. The van der Waals surface area contributed by atoms with Crippen LogP contribution in [0.1, 0.15) is 23.1 Å². The Labute approximate surface area is 143 Å². The zero-order chi connectivity index (χ0) is 17.6. The highest BCUT2D eigenvalue weighted by atomic mass is 32.2. The predicted octanol–water partition coefficient (Wildman–Crippen LogP) is 2.41. The van der Waals surface area contributed by atoms with Crippen LogP contribution in [0.3, 0.4) is 0 Å². The van der Waals surface area contributed by atoms with Gasteiger partial charge in [0.25, 0.3) is 0 Å². The summed E-state index contributed by atoms with van der Waals surface area (Å²) >= 11 is 0. The maximum atomic E-state index is 13.1. The molecule has 0 aliphatic heterocycles. The molecule has 2 rings (SSSR count). The van der Waals surface area contributed by atoms with Gasteiger partial charge in [-0.25, -0.2) is 8.42 Å². The molecule has 5 nitrogen and oxygen atoms in total. The minimum absolute atomic E-state index is 0.0537. The molecule has 24 heavy (non-hydrogen) atoms. The van der Waals surface area contributed by atoms with Gasteiger partial charge in [-0.1, -0.05) is 42.5 Å². The maximum absolute atomic E-state index is 13.1. The molecule has 0 aliphatic rings. The number of hydrogen-bond donors (Lipinski definition) is 1. The van der Waals surface area contributed by atoms with Gasteiger partial charge < -0.3 is 5.73 Å². The van der Waals surface area contributed by atoms with Crippen molar-refractivity contribution in [1.82, 2.24) is 4.31 Å². The Morgan fingerprint density at radius 1 is 1.12 bits per heavy atom. The highest BCUT2D eigenvalue weighted by molar-refractivity contribution is 7.89. The lowest BCUT2D eigenvalue weighted by molar-refractivity contribution is 0.401. The Morgan fingerprint density at radius 3 is 2.46 bits per heavy atom. The number of benzene rings is 2. The van der Waals surface area contributed by atoms with Crippen molar-refractivity contribution in [3.8, 4) is 6.07 Å². The molecule has 0 spiro atoms. The summed E-state index contributed by atoms with van der Waals surface area (Å²) in [5.41, 5.74) is 7.30. The molecule has 0 heterocycles. The quantitative estimate of drug-likeness (QED) is 0.836. The van der Waals surface area contributed by atoms with Crippen LogP contribution in [0, 0.1) is 18.3 Å². The smallest absolute Gasteiger partial charge is 0.244 e. The lowest BCUT2D eigenvalue weighted by atomic mass is 10.1. The van der Waals surface area contributed by atoms with Crippen LogP contribution < -0.4 is 5.73 Å². The minimum Gasteiger partial charge on any atom is -0.330 e. The Balaban J connectivity index is 2.44. The molecule has 0 saturated carbocycles. The van der Waals surface area contributed by atoms with Crippen LogP contribution >= 0.6 is 0 Å². The molecule has 0 amide bonds. The monoisotopic (exact) mass is 343 g/mol. The largest absolute Gasteiger partial charge is 0.330 e. The average molecular weight is 343 g/mol. The van der Waals surface area contributed by atoms with E-state index in [0.29, 0.717) is 25.1 Å². The van der Waals surface area contributed by atoms with E-state index >= 15 is 0 Å². The molecular formula is C18H21N3O2S. The lowest BCUT2D eigenvalue weighted by Crippen LogP contribution is -2.33. The molecule has 0 saturated heterocycles. The third kappa shape index (κ3) is 4.01. The van der Waals surface area contributed by atoms with Crippen LogP contribution in [0.2, 0.25) is 0 Å². The average Bonchev–Trinajstić information content (AvgIpc) is 2.59. The summed E-state index contributed by atoms with van der Waals surface area (Å²) in [6.45, 7) is 2.70. The number of nitrogens with zero attached hydrogens (tertiary/aromatic N) is 2. The van der Waals surface area contributed by atoms with Gasteiger partial charge in [-0.15, -0.1) is 0 Å². The van der Waals surface area contributed by atoms with E-state index in [1.54, 1.807) is 19.1 Å². The van der Waals surface area contributed by atoms with E-state index in [9.17, 15) is 13.7 Å². The summed E-state index contributed by atoms with van der Waals surface area (Å²) in [5.74, 6) is 0. The summed E-state index contributed by atoms with van der Waals surface area (Å²) in [5, 5.41) is 9.36. The fraction of sp³-hybridized carbons (Fsp3) is 0.278. The van der Waals surface area contributed by atoms with Gasteiger partial charge in [-0.2, -0.15) is 9.57 Å². The van der Waals surface area contributed by atoms with Gasteiger partial charge in [0.1, 0.15) is 11.0 Å². The first-order valence-electron chi connectivity index (χ1n) is 7.74. The second kappa shape index (κ2) is 8.06. The molecule has 0 bridgehead atoms. The summed E-state index contributed by atoms with van der Waals surface area (Å²) in [7, 11) is -3.78. The van der Waals surface area contributed by atoms with Crippen molar-refractivity contribution in [2.75, 3.05) is 13.1 Å². The summed E-state index contributed by atoms with van der Waals surface area (Å²) in [6, 6.07) is 16.3. The zero-order valence-corrected chi connectivity index (χ0v) is 14.5. The van der Waals surface area contributed by atoms with Crippen molar-refractivity contribution in [2.45, 2.75) is 24.8 Å². The third-order valence-electron chi connectivity index (χ3n) is 3.78. The molecule has 0 radical (unpaired) electrons. The Kier molecular flexibility index (Phi) is 6.10. The summed E-state index contributed by atoms with van der Waals surface area (Å²) in [6.07, 6.45) is 0.555. The molecule has 126 valence electrons. The van der Waals surface area contributed by atoms with Gasteiger partial charge in [-0.05, 0) is 37.1 Å². The number of nitrogens with two attached hydrogens (primary N) is 1. The van der Waals surface area contributed by atoms with Gasteiger partial charge in [0.2, 0.25) is 10.0 Å². The molecule has 0 aromatic heterocycles. The molecule has 6 heteroatoms. The van der Waals surface area contributed by atoms with Crippen LogP contribution in [0.15, 0.2) is 53.4 Å². The van der Waals surface area contributed by atoms with Crippen molar-refractivity contribution < 1.29 is 8.42 Å². The van der Waals surface area contributed by atoms with Crippen molar-refractivity contribution in [1.29, 1.82) is 5.26 Å². The number of rotatable bonds is 7. The van der Waals surface area contributed by atoms with E-state index in [2.05, 4.69) is 0 Å². The first kappa shape index (κ1) is 18.1. The van der Waals surface area contributed by atoms with E-state index in [-0.39, 0.29) is 17.0 Å². The van der Waals surface area contributed by atoms with E-state index < -0.39 is 10.0 Å². The van der Waals surface area contributed by atoms with E-state index in [4.69, 9.17) is 5.73 Å². The Hall–Kier alpha value is -2.20. The third-order valence-corrected chi connectivity index (χ3v) is 5.67. The Bertz CT molecular complexity index is 827. The highest BCUT2D eigenvalue weighted by Crippen LogP contribution is 2.24. The molecule has 2 N–H and O–H groups in total. The molecule has 2 aromatic rings. The SMILES string of the molecule is Cc1cccc(S(=O)(=O)N(CCCN)Cc2ccccc2)c1C#N. The van der Waals surface area contributed by atoms with E-state index in [1.165, 1.54) is 10.4 Å². The molecule has 0 aliphatic carbocycles. The lowest BCUT2D eigenvalue weighted by Gasteiger charge is -2.23. The van der Waals surface area contributed by atoms with E-state index in [1.807, 2.05) is 36.4 Å². The van der Waals surface area contributed by atoms with E-state index in [0.717, 1.165) is 5.56 Å². The van der Waals surface area contributed by atoms with Crippen LogP contribution in [0.5, 0.6) is 0 Å². The van der Waals surface area contributed by atoms with Crippen LogP contribution in [-0.4, -0.2) is 25.8 Å². The van der Waals surface area contributed by atoms with Gasteiger partial charge >= 0.3 is 0 Å². The molecule has 2 aromatic carbocycles. The topological polar surface area (TPSA) is 87.2 Å². The van der Waals surface area contributed by atoms with Crippen molar-refractivity contribution >= 4 is 10.0 Å². The van der Waals surface area contributed by atoms with Gasteiger partial charge in [-0.3, -0.25) is 0 Å². The first-order valence-corrected chi connectivity index (χ1v) is 9.18. The molecule has 0 atom stereocenters. The number of nitriles is 1. The van der Waals surface area contributed by atoms with Crippen LogP contribution in [-0.2, 0) is 16.6 Å². The predicted molar refractivity (Wildman–Crippen MR) is 93.6 cm³/mol. The standard InChI is InChI=1S/C18H21N3O2S/c1-15-7-5-10-18(17(15)13-20)24(22,23)21(12-6-11-19)14-16-8-3-2-4-9-16/h2-5,7-10H,6,11-12,14,19H2,1H3. The van der Waals surface area contributed by atoms with Crippen LogP contribution in [0.4, 0.5) is 0 Å². The second-order valence-electron chi connectivity index (χ2n) is 5.53. The number of hydrogen-bond acceptors (Lipinski definition) is 4. The highest BCUT2D eigenvalue weighted by Gasteiger charge is 2.27. The normalized spacial score (nSPS) is 11.4. The van der Waals surface area contributed by atoms with Crippen molar-refractivity contribution in [3.63, 3.8) is 0 Å². The molecule has 0 unspecified atom stereocenters. The summed E-state index contributed by atoms with van der Waals surface area (Å²) in [4.78, 5) is 0.0537.